The third-order valence-electron chi connectivity index (χ3n) is 10.2. The van der Waals surface area contributed by atoms with Gasteiger partial charge in [-0.2, -0.15) is 25.0 Å². The van der Waals surface area contributed by atoms with Crippen LogP contribution in [0, 0.1) is 23.0 Å². The van der Waals surface area contributed by atoms with E-state index in [0.29, 0.717) is 37.3 Å². The molecule has 0 spiro atoms. The van der Waals surface area contributed by atoms with E-state index in [4.69, 9.17) is 32.2 Å². The molecule has 8 rings (SSSR count). The second-order valence-electron chi connectivity index (χ2n) is 13.6. The van der Waals surface area contributed by atoms with E-state index in [2.05, 4.69) is 15.2 Å². The molecule has 0 aliphatic carbocycles. The first-order valence-corrected chi connectivity index (χ1v) is 17.9. The van der Waals surface area contributed by atoms with Crippen molar-refractivity contribution in [3.63, 3.8) is 0 Å². The largest absolute Gasteiger partial charge is 0.461 e. The second-order valence-corrected chi connectivity index (χ2v) is 15.0. The number of fused-ring (bicyclic) bond motifs is 4. The Morgan fingerprint density at radius 2 is 2.12 bits per heavy atom. The van der Waals surface area contributed by atoms with E-state index in [-0.39, 0.29) is 66.0 Å². The number of nitrogens with one attached hydrogen (secondary N) is 1. The zero-order chi connectivity index (χ0) is 35.8. The number of benzene rings is 2. The SMILES string of the molecule is CN(C)C(=O)n1nc2c(c1-c1nc(OC[C@@]34CCCN3C[C@H](F)C4)nc3c(F)c(-c4ccc(F)c5sc(N)c(C#N)c45)c(Cl)cc13)CNCCC2. The lowest BCUT2D eigenvalue weighted by Gasteiger charge is -2.30. The van der Waals surface area contributed by atoms with Crippen molar-refractivity contribution in [1.29, 1.82) is 5.26 Å². The minimum atomic E-state index is -0.990. The van der Waals surface area contributed by atoms with E-state index in [9.17, 15) is 18.8 Å². The summed E-state index contributed by atoms with van der Waals surface area (Å²) in [4.78, 5) is 26.5. The van der Waals surface area contributed by atoms with E-state index in [1.165, 1.54) is 27.8 Å². The summed E-state index contributed by atoms with van der Waals surface area (Å²) >= 11 is 7.81. The van der Waals surface area contributed by atoms with Gasteiger partial charge in [-0.05, 0) is 56.5 Å². The first-order valence-electron chi connectivity index (χ1n) is 16.7. The molecule has 2 atom stereocenters. The highest BCUT2D eigenvalue weighted by Gasteiger charge is 2.49. The zero-order valence-electron chi connectivity index (χ0n) is 27.8. The molecule has 3 N–H and O–H groups in total. The predicted molar refractivity (Wildman–Crippen MR) is 189 cm³/mol. The summed E-state index contributed by atoms with van der Waals surface area (Å²) in [6.07, 6.45) is 2.33. The topological polar surface area (TPSA) is 138 Å². The molecular weight excluding hydrogens is 703 g/mol. The third-order valence-corrected chi connectivity index (χ3v) is 11.5. The molecule has 2 aromatic carbocycles. The van der Waals surface area contributed by atoms with Crippen molar-refractivity contribution in [3.05, 3.63) is 51.7 Å². The molecule has 0 saturated carbocycles. The van der Waals surface area contributed by atoms with Crippen LogP contribution in [-0.4, -0.2) is 87.6 Å². The Kier molecular flexibility index (Phi) is 8.33. The number of nitriles is 1. The van der Waals surface area contributed by atoms with E-state index in [1.807, 2.05) is 6.07 Å². The van der Waals surface area contributed by atoms with Gasteiger partial charge in [-0.15, -0.1) is 11.3 Å². The van der Waals surface area contributed by atoms with Crippen LogP contribution in [0.1, 0.15) is 42.5 Å². The summed E-state index contributed by atoms with van der Waals surface area (Å²) in [6, 6.07) is 5.44. The van der Waals surface area contributed by atoms with Crippen molar-refractivity contribution in [2.75, 3.05) is 46.1 Å². The number of amides is 1. The summed E-state index contributed by atoms with van der Waals surface area (Å²) in [7, 11) is 3.21. The molecule has 0 bridgehead atoms. The molecule has 0 unspecified atom stereocenters. The van der Waals surface area contributed by atoms with E-state index in [0.717, 1.165) is 49.3 Å². The molecule has 5 aromatic rings. The van der Waals surface area contributed by atoms with Gasteiger partial charge in [0.1, 0.15) is 46.6 Å². The normalized spacial score (nSPS) is 20.4. The number of carbonyl (C=O) groups is 1. The Bertz CT molecular complexity index is 2300. The van der Waals surface area contributed by atoms with Crippen LogP contribution in [0.2, 0.25) is 5.02 Å². The van der Waals surface area contributed by atoms with Gasteiger partial charge >= 0.3 is 12.0 Å². The van der Waals surface area contributed by atoms with Crippen LogP contribution in [-0.2, 0) is 13.0 Å². The monoisotopic (exact) mass is 735 g/mol. The van der Waals surface area contributed by atoms with Crippen LogP contribution in [0.15, 0.2) is 18.2 Å². The number of nitrogens with two attached hydrogens (primary N) is 1. The molecule has 51 heavy (non-hydrogen) atoms. The molecule has 3 aliphatic heterocycles. The molecule has 6 heterocycles. The Balaban J connectivity index is 1.39. The van der Waals surface area contributed by atoms with Gasteiger partial charge < -0.3 is 20.7 Å². The lowest BCUT2D eigenvalue weighted by Crippen LogP contribution is -2.43. The van der Waals surface area contributed by atoms with Crippen molar-refractivity contribution in [2.24, 2.45) is 0 Å². The number of carbonyl (C=O) groups excluding carboxylic acids is 1. The molecule has 264 valence electrons. The number of halogens is 4. The third kappa shape index (κ3) is 5.38. The Morgan fingerprint density at radius 3 is 2.90 bits per heavy atom. The number of hydrogen-bond acceptors (Lipinski definition) is 10. The quantitative estimate of drug-likeness (QED) is 0.214. The molecule has 11 nitrogen and oxygen atoms in total. The van der Waals surface area contributed by atoms with Gasteiger partial charge in [0, 0.05) is 55.5 Å². The van der Waals surface area contributed by atoms with Gasteiger partial charge in [0.2, 0.25) is 0 Å². The average Bonchev–Trinajstić information content (AvgIpc) is 3.79. The highest BCUT2D eigenvalue weighted by atomic mass is 35.5. The Labute approximate surface area is 299 Å². The number of aromatic nitrogens is 4. The summed E-state index contributed by atoms with van der Waals surface area (Å²) in [5, 5.41) is 18.4. The maximum absolute atomic E-state index is 17.3. The molecule has 3 aromatic heterocycles. The lowest BCUT2D eigenvalue weighted by molar-refractivity contribution is 0.107. The average molecular weight is 736 g/mol. The molecule has 16 heteroatoms. The van der Waals surface area contributed by atoms with E-state index >= 15 is 4.39 Å². The highest BCUT2D eigenvalue weighted by Crippen LogP contribution is 2.46. The standard InChI is InChI=1S/C35H33ClF3N9O2S/c1-46(2)34(49)48-30(21-14-42-9-3-5-24(21)45-48)29-19-11-22(36)26(18-6-7-23(38)31-25(18)20(13-40)32(41)51-31)27(39)28(19)43-33(44-29)50-16-35-8-4-10-47(35)15-17(37)12-35/h6-7,11,17,42H,3-5,8-10,12,14-16,41H2,1-2H3/t17-,35+/m1/s1. The number of rotatable bonds is 5. The smallest absolute Gasteiger partial charge is 0.344 e. The van der Waals surface area contributed by atoms with Gasteiger partial charge in [0.25, 0.3) is 0 Å². The summed E-state index contributed by atoms with van der Waals surface area (Å²) < 4.78 is 54.6. The van der Waals surface area contributed by atoms with Gasteiger partial charge in [-0.25, -0.2) is 18.0 Å². The van der Waals surface area contributed by atoms with Crippen molar-refractivity contribution in [3.8, 4) is 34.6 Å². The van der Waals surface area contributed by atoms with E-state index in [1.54, 1.807) is 14.1 Å². The number of aryl methyl sites for hydroxylation is 1. The molecule has 2 saturated heterocycles. The second kappa shape index (κ2) is 12.6. The number of ether oxygens (including phenoxy) is 1. The number of nitrogens with zero attached hydrogens (tertiary/aromatic N) is 7. The summed E-state index contributed by atoms with van der Waals surface area (Å²) in [5.41, 5.74) is 7.36. The summed E-state index contributed by atoms with van der Waals surface area (Å²) in [5.74, 6) is -1.48. The van der Waals surface area contributed by atoms with Crippen LogP contribution < -0.4 is 15.8 Å². The van der Waals surface area contributed by atoms with Gasteiger partial charge in [-0.3, -0.25) is 4.90 Å². The van der Waals surface area contributed by atoms with Gasteiger partial charge in [-0.1, -0.05) is 17.7 Å². The Morgan fingerprint density at radius 1 is 1.29 bits per heavy atom. The fourth-order valence-electron chi connectivity index (χ4n) is 7.87. The number of nitrogen functional groups attached to an aromatic ring is 1. The van der Waals surface area contributed by atoms with Crippen molar-refractivity contribution in [2.45, 2.75) is 50.4 Å². The van der Waals surface area contributed by atoms with Crippen LogP contribution in [0.4, 0.5) is 23.0 Å². The first kappa shape index (κ1) is 33.6. The maximum Gasteiger partial charge on any atom is 0.344 e. The summed E-state index contributed by atoms with van der Waals surface area (Å²) in [6.45, 7) is 2.26. The van der Waals surface area contributed by atoms with Crippen LogP contribution >= 0.6 is 22.9 Å². The van der Waals surface area contributed by atoms with Crippen LogP contribution in [0.5, 0.6) is 6.01 Å². The van der Waals surface area contributed by atoms with Crippen LogP contribution in [0.3, 0.4) is 0 Å². The van der Waals surface area contributed by atoms with Crippen molar-refractivity contribution >= 4 is 55.0 Å². The lowest BCUT2D eigenvalue weighted by atomic mass is 9.95. The number of thiophene rings is 1. The molecule has 2 fully saturated rings. The fraction of sp³-hybridized carbons (Fsp3) is 0.400. The molecule has 3 aliphatic rings. The molecule has 0 radical (unpaired) electrons. The van der Waals surface area contributed by atoms with Gasteiger partial charge in [0.05, 0.1) is 26.5 Å². The van der Waals surface area contributed by atoms with Crippen LogP contribution in [0.25, 0.3) is 43.5 Å². The number of alkyl halides is 1. The minimum absolute atomic E-state index is 0.0110. The number of anilines is 1. The highest BCUT2D eigenvalue weighted by molar-refractivity contribution is 7.23. The zero-order valence-corrected chi connectivity index (χ0v) is 29.4. The molecule has 1 amide bonds. The fourth-order valence-corrected chi connectivity index (χ4v) is 9.11. The van der Waals surface area contributed by atoms with Crippen molar-refractivity contribution in [1.82, 2.24) is 34.9 Å². The van der Waals surface area contributed by atoms with E-state index < -0.39 is 29.4 Å². The first-order chi connectivity index (χ1) is 24.5. The maximum atomic E-state index is 17.3. The predicted octanol–water partition coefficient (Wildman–Crippen LogP) is 6.28. The number of hydrogen-bond donors (Lipinski definition) is 2. The minimum Gasteiger partial charge on any atom is -0.461 e. The van der Waals surface area contributed by atoms with Crippen molar-refractivity contribution < 1.29 is 22.7 Å². The Hall–Kier alpha value is -4.49. The molecular formula is C35H33ClF3N9O2S. The van der Waals surface area contributed by atoms with Gasteiger partial charge in [0.15, 0.2) is 5.82 Å².